The molecule has 168 valence electrons. The molecular formula is C22H28F3N5O. The first-order valence-corrected chi connectivity index (χ1v) is 10.4. The molecule has 9 heteroatoms. The number of aromatic nitrogens is 2. The van der Waals surface area contributed by atoms with Gasteiger partial charge in [-0.2, -0.15) is 13.2 Å². The Morgan fingerprint density at radius 3 is 2.32 bits per heavy atom. The zero-order chi connectivity index (χ0) is 22.6. The second kappa shape index (κ2) is 9.53. The number of alkyl halides is 3. The molecule has 0 radical (unpaired) electrons. The first kappa shape index (κ1) is 22.8. The van der Waals surface area contributed by atoms with Crippen molar-refractivity contribution in [2.75, 3.05) is 30.9 Å². The van der Waals surface area contributed by atoms with Gasteiger partial charge in [-0.15, -0.1) is 0 Å². The Morgan fingerprint density at radius 1 is 1.10 bits per heavy atom. The average molecular weight is 435 g/mol. The number of amides is 1. The van der Waals surface area contributed by atoms with Crippen LogP contribution in [0.3, 0.4) is 0 Å². The van der Waals surface area contributed by atoms with Crippen LogP contribution >= 0.6 is 0 Å². The van der Waals surface area contributed by atoms with E-state index in [4.69, 9.17) is 0 Å². The largest absolute Gasteiger partial charge is 0.416 e. The Balaban J connectivity index is 1.46. The van der Waals surface area contributed by atoms with E-state index in [1.165, 1.54) is 12.1 Å². The minimum Gasteiger partial charge on any atom is -0.367 e. The molecule has 0 atom stereocenters. The van der Waals surface area contributed by atoms with E-state index in [-0.39, 0.29) is 11.5 Å². The second-order valence-electron chi connectivity index (χ2n) is 8.20. The molecule has 1 saturated carbocycles. The third-order valence-corrected chi connectivity index (χ3v) is 5.51. The van der Waals surface area contributed by atoms with Crippen molar-refractivity contribution in [2.45, 2.75) is 44.8 Å². The highest BCUT2D eigenvalue weighted by atomic mass is 19.4. The lowest BCUT2D eigenvalue weighted by atomic mass is 9.86. The number of hydrogen-bond donors (Lipinski definition) is 2. The molecule has 1 fully saturated rings. The molecule has 2 aromatic rings. The fraction of sp³-hybridized carbons (Fsp3) is 0.500. The van der Waals surface area contributed by atoms with Crippen LogP contribution in [0.1, 0.15) is 47.4 Å². The van der Waals surface area contributed by atoms with E-state index in [1.54, 1.807) is 0 Å². The molecule has 2 N–H and O–H groups in total. The summed E-state index contributed by atoms with van der Waals surface area (Å²) in [6, 6.07) is 6.54. The van der Waals surface area contributed by atoms with Gasteiger partial charge in [0.05, 0.1) is 5.56 Å². The molecule has 6 nitrogen and oxygen atoms in total. The van der Waals surface area contributed by atoms with E-state index < -0.39 is 11.7 Å². The summed E-state index contributed by atoms with van der Waals surface area (Å²) in [5, 5.41) is 6.34. The van der Waals surface area contributed by atoms with Crippen molar-refractivity contribution < 1.29 is 18.0 Å². The van der Waals surface area contributed by atoms with Gasteiger partial charge >= 0.3 is 6.18 Å². The van der Waals surface area contributed by atoms with E-state index in [0.29, 0.717) is 24.3 Å². The Hall–Kier alpha value is -2.84. The number of nitrogens with one attached hydrogen (secondary N) is 2. The van der Waals surface area contributed by atoms with Gasteiger partial charge in [0.1, 0.15) is 17.5 Å². The van der Waals surface area contributed by atoms with Crippen molar-refractivity contribution in [2.24, 2.45) is 5.92 Å². The van der Waals surface area contributed by atoms with Crippen LogP contribution in [-0.2, 0) is 6.18 Å². The average Bonchev–Trinajstić information content (AvgIpc) is 2.72. The van der Waals surface area contributed by atoms with Crippen molar-refractivity contribution in [1.29, 1.82) is 0 Å². The van der Waals surface area contributed by atoms with E-state index in [1.807, 2.05) is 32.0 Å². The molecule has 3 rings (SSSR count). The van der Waals surface area contributed by atoms with Gasteiger partial charge in [-0.05, 0) is 62.8 Å². The van der Waals surface area contributed by atoms with Gasteiger partial charge in [-0.3, -0.25) is 4.79 Å². The summed E-state index contributed by atoms with van der Waals surface area (Å²) in [6.07, 6.45) is -0.576. The molecule has 1 aliphatic carbocycles. The van der Waals surface area contributed by atoms with Gasteiger partial charge in [0, 0.05) is 38.3 Å². The van der Waals surface area contributed by atoms with Crippen LogP contribution < -0.4 is 15.5 Å². The number of hydrogen-bond acceptors (Lipinski definition) is 5. The van der Waals surface area contributed by atoms with Crippen LogP contribution in [0.4, 0.5) is 24.8 Å². The van der Waals surface area contributed by atoms with Crippen LogP contribution in [0.2, 0.25) is 0 Å². The Bertz CT molecular complexity index is 891. The van der Waals surface area contributed by atoms with Gasteiger partial charge in [-0.25, -0.2) is 9.97 Å². The Morgan fingerprint density at radius 2 is 1.74 bits per heavy atom. The maximum atomic E-state index is 12.6. The third-order valence-electron chi connectivity index (χ3n) is 5.51. The van der Waals surface area contributed by atoms with Crippen molar-refractivity contribution >= 4 is 17.5 Å². The number of rotatable bonds is 6. The molecule has 0 spiro atoms. The minimum absolute atomic E-state index is 0.235. The molecule has 0 saturated heterocycles. The number of anilines is 2. The number of benzene rings is 1. The van der Waals surface area contributed by atoms with Crippen LogP contribution in [0, 0.1) is 12.8 Å². The van der Waals surface area contributed by atoms with Crippen molar-refractivity contribution in [3.8, 4) is 0 Å². The lowest BCUT2D eigenvalue weighted by molar-refractivity contribution is -0.137. The highest BCUT2D eigenvalue weighted by molar-refractivity contribution is 5.94. The van der Waals surface area contributed by atoms with Gasteiger partial charge in [0.25, 0.3) is 5.91 Å². The quantitative estimate of drug-likeness (QED) is 0.709. The third kappa shape index (κ3) is 6.32. The van der Waals surface area contributed by atoms with Crippen LogP contribution in [0.25, 0.3) is 0 Å². The SMILES string of the molecule is Cc1nc(NC2CCC(CNC(=O)c3ccc(C(F)(F)F)cc3)CC2)cc(N(C)C)n1. The smallest absolute Gasteiger partial charge is 0.367 e. The summed E-state index contributed by atoms with van der Waals surface area (Å²) in [6.45, 7) is 2.39. The summed E-state index contributed by atoms with van der Waals surface area (Å²) in [5.41, 5.74) is -0.523. The van der Waals surface area contributed by atoms with E-state index in [2.05, 4.69) is 20.6 Å². The maximum Gasteiger partial charge on any atom is 0.416 e. The lowest BCUT2D eigenvalue weighted by Gasteiger charge is -2.29. The van der Waals surface area contributed by atoms with E-state index in [0.717, 1.165) is 49.5 Å². The number of carbonyl (C=O) groups excluding carboxylic acids is 1. The van der Waals surface area contributed by atoms with Crippen molar-refractivity contribution in [3.05, 3.63) is 47.3 Å². The number of nitrogens with zero attached hydrogens (tertiary/aromatic N) is 3. The van der Waals surface area contributed by atoms with E-state index in [9.17, 15) is 18.0 Å². The normalized spacial score (nSPS) is 19.0. The highest BCUT2D eigenvalue weighted by Gasteiger charge is 2.30. The summed E-state index contributed by atoms with van der Waals surface area (Å²) in [5.74, 6) is 2.39. The van der Waals surface area contributed by atoms with Crippen molar-refractivity contribution in [3.63, 3.8) is 0 Å². The van der Waals surface area contributed by atoms with Crippen molar-refractivity contribution in [1.82, 2.24) is 15.3 Å². The topological polar surface area (TPSA) is 70.2 Å². The highest BCUT2D eigenvalue weighted by Crippen LogP contribution is 2.29. The van der Waals surface area contributed by atoms with Crippen LogP contribution in [0.5, 0.6) is 0 Å². The molecule has 1 aromatic carbocycles. The molecule has 1 heterocycles. The standard InChI is InChI=1S/C22H28F3N5O/c1-14-27-19(12-20(28-14)30(2)3)29-18-10-4-15(5-11-18)13-26-21(31)16-6-8-17(9-7-16)22(23,24)25/h6-9,12,15,18H,4-5,10-11,13H2,1-3H3,(H,26,31)(H,27,28,29). The molecule has 0 bridgehead atoms. The lowest BCUT2D eigenvalue weighted by Crippen LogP contribution is -2.34. The number of halogens is 3. The van der Waals surface area contributed by atoms with Gasteiger partial charge in [0.15, 0.2) is 0 Å². The summed E-state index contributed by atoms with van der Waals surface area (Å²) in [7, 11) is 3.88. The fourth-order valence-electron chi connectivity index (χ4n) is 3.72. The maximum absolute atomic E-state index is 12.6. The molecule has 31 heavy (non-hydrogen) atoms. The predicted molar refractivity (Wildman–Crippen MR) is 114 cm³/mol. The molecular weight excluding hydrogens is 407 g/mol. The molecule has 0 aliphatic heterocycles. The molecule has 1 aliphatic rings. The van der Waals surface area contributed by atoms with E-state index >= 15 is 0 Å². The van der Waals surface area contributed by atoms with Crippen LogP contribution in [-0.4, -0.2) is 42.6 Å². The van der Waals surface area contributed by atoms with Gasteiger partial charge in [0.2, 0.25) is 0 Å². The summed E-state index contributed by atoms with van der Waals surface area (Å²) in [4.78, 5) is 23.1. The summed E-state index contributed by atoms with van der Waals surface area (Å²) >= 11 is 0. The van der Waals surface area contributed by atoms with Gasteiger partial charge < -0.3 is 15.5 Å². The van der Waals surface area contributed by atoms with Gasteiger partial charge in [-0.1, -0.05) is 0 Å². The Labute approximate surface area is 180 Å². The monoisotopic (exact) mass is 435 g/mol. The molecule has 1 aromatic heterocycles. The zero-order valence-corrected chi connectivity index (χ0v) is 18.0. The number of aryl methyl sites for hydroxylation is 1. The second-order valence-corrected chi connectivity index (χ2v) is 8.20. The number of carbonyl (C=O) groups is 1. The molecule has 0 unspecified atom stereocenters. The minimum atomic E-state index is -4.40. The molecule has 1 amide bonds. The zero-order valence-electron chi connectivity index (χ0n) is 18.0. The predicted octanol–water partition coefficient (Wildman–Crippen LogP) is 4.27. The fourth-order valence-corrected chi connectivity index (χ4v) is 3.72. The summed E-state index contributed by atoms with van der Waals surface area (Å²) < 4.78 is 37.9. The first-order valence-electron chi connectivity index (χ1n) is 10.4. The van der Waals surface area contributed by atoms with Crippen LogP contribution in [0.15, 0.2) is 30.3 Å². The Kier molecular flexibility index (Phi) is 7.02. The first-order chi connectivity index (χ1) is 14.6.